The van der Waals surface area contributed by atoms with Crippen LogP contribution in [0.3, 0.4) is 0 Å². The number of carbonyl (C=O) groups is 2. The summed E-state index contributed by atoms with van der Waals surface area (Å²) < 4.78 is 5.13. The summed E-state index contributed by atoms with van der Waals surface area (Å²) in [5, 5.41) is 24.1. The SMILES string of the molecule is Cc1c(O)ccc2c(CC(=O)N[C@@H](C(=O)[O-])c3ccccc3)cc(=O)oc12. The summed E-state index contributed by atoms with van der Waals surface area (Å²) in [5.74, 6) is -2.06. The first-order valence-corrected chi connectivity index (χ1v) is 8.17. The van der Waals surface area contributed by atoms with Crippen LogP contribution in [-0.4, -0.2) is 17.0 Å². The Morgan fingerprint density at radius 3 is 2.56 bits per heavy atom. The molecule has 1 amide bonds. The van der Waals surface area contributed by atoms with Gasteiger partial charge in [-0.3, -0.25) is 4.79 Å². The number of hydrogen-bond acceptors (Lipinski definition) is 6. The van der Waals surface area contributed by atoms with Gasteiger partial charge in [0.1, 0.15) is 11.3 Å². The topological polar surface area (TPSA) is 120 Å². The number of carboxylic acids is 1. The van der Waals surface area contributed by atoms with Gasteiger partial charge in [-0.2, -0.15) is 0 Å². The lowest BCUT2D eigenvalue weighted by molar-refractivity contribution is -0.308. The zero-order valence-electron chi connectivity index (χ0n) is 14.4. The largest absolute Gasteiger partial charge is 0.548 e. The van der Waals surface area contributed by atoms with Crippen molar-refractivity contribution in [2.45, 2.75) is 19.4 Å². The van der Waals surface area contributed by atoms with Crippen LogP contribution >= 0.6 is 0 Å². The molecule has 7 nitrogen and oxygen atoms in total. The average molecular weight is 366 g/mol. The maximum Gasteiger partial charge on any atom is 0.336 e. The Bertz CT molecular complexity index is 1070. The standard InChI is InChI=1S/C20H17NO6/c1-11-15(22)8-7-14-13(10-17(24)27-19(11)14)9-16(23)21-18(20(25)26)12-5-3-2-4-6-12/h2-8,10,18,22H,9H2,1H3,(H,21,23)(H,25,26)/p-1/t18-/m1/s1. The number of aryl methyl sites for hydroxylation is 1. The van der Waals surface area contributed by atoms with Gasteiger partial charge >= 0.3 is 5.63 Å². The normalized spacial score (nSPS) is 11.9. The predicted molar refractivity (Wildman–Crippen MR) is 94.9 cm³/mol. The van der Waals surface area contributed by atoms with Crippen LogP contribution in [0, 0.1) is 6.92 Å². The van der Waals surface area contributed by atoms with Crippen molar-refractivity contribution < 1.29 is 24.2 Å². The molecule has 0 aliphatic heterocycles. The van der Waals surface area contributed by atoms with E-state index < -0.39 is 23.5 Å². The molecule has 3 rings (SSSR count). The van der Waals surface area contributed by atoms with Crippen LogP contribution < -0.4 is 16.0 Å². The van der Waals surface area contributed by atoms with E-state index in [9.17, 15) is 24.6 Å². The van der Waals surface area contributed by atoms with Crippen LogP contribution in [0.1, 0.15) is 22.7 Å². The molecule has 0 spiro atoms. The molecule has 7 heteroatoms. The highest BCUT2D eigenvalue weighted by atomic mass is 16.4. The lowest BCUT2D eigenvalue weighted by atomic mass is 10.0. The van der Waals surface area contributed by atoms with E-state index in [0.717, 1.165) is 0 Å². The summed E-state index contributed by atoms with van der Waals surface area (Å²) >= 11 is 0. The van der Waals surface area contributed by atoms with E-state index in [-0.39, 0.29) is 17.8 Å². The lowest BCUT2D eigenvalue weighted by Crippen LogP contribution is -2.41. The van der Waals surface area contributed by atoms with E-state index in [2.05, 4.69) is 5.32 Å². The molecule has 0 saturated carbocycles. The molecule has 0 saturated heterocycles. The third-order valence-electron chi connectivity index (χ3n) is 4.24. The lowest BCUT2D eigenvalue weighted by Gasteiger charge is -2.20. The number of amides is 1. The van der Waals surface area contributed by atoms with Crippen molar-refractivity contribution in [1.29, 1.82) is 0 Å². The molecular weight excluding hydrogens is 350 g/mol. The van der Waals surface area contributed by atoms with Crippen LogP contribution in [0.15, 0.2) is 57.7 Å². The van der Waals surface area contributed by atoms with E-state index in [1.165, 1.54) is 18.2 Å². The monoisotopic (exact) mass is 366 g/mol. The van der Waals surface area contributed by atoms with Gasteiger partial charge in [-0.05, 0) is 30.2 Å². The van der Waals surface area contributed by atoms with Crippen molar-refractivity contribution in [2.75, 3.05) is 0 Å². The zero-order chi connectivity index (χ0) is 19.6. The predicted octanol–water partition coefficient (Wildman–Crippen LogP) is 0.957. The Morgan fingerprint density at radius 1 is 1.19 bits per heavy atom. The van der Waals surface area contributed by atoms with Gasteiger partial charge in [0.15, 0.2) is 0 Å². The molecule has 138 valence electrons. The number of fused-ring (bicyclic) bond motifs is 1. The molecule has 1 aromatic heterocycles. The Hall–Kier alpha value is -3.61. The number of aromatic hydroxyl groups is 1. The number of carboxylic acid groups (broad SMARTS) is 1. The minimum Gasteiger partial charge on any atom is -0.548 e. The molecule has 3 aromatic rings. The Morgan fingerprint density at radius 2 is 1.89 bits per heavy atom. The number of hydrogen-bond donors (Lipinski definition) is 2. The molecule has 2 N–H and O–H groups in total. The number of nitrogens with one attached hydrogen (secondary N) is 1. The number of aliphatic carboxylic acids is 1. The summed E-state index contributed by atoms with van der Waals surface area (Å²) in [4.78, 5) is 35.7. The summed E-state index contributed by atoms with van der Waals surface area (Å²) in [6.45, 7) is 1.59. The van der Waals surface area contributed by atoms with Crippen LogP contribution in [0.2, 0.25) is 0 Å². The van der Waals surface area contributed by atoms with Crippen molar-refractivity contribution in [3.8, 4) is 5.75 Å². The maximum absolute atomic E-state index is 12.4. The summed E-state index contributed by atoms with van der Waals surface area (Å²) in [6.07, 6.45) is -0.233. The molecule has 0 bridgehead atoms. The fraction of sp³-hybridized carbons (Fsp3) is 0.150. The molecule has 1 heterocycles. The molecule has 2 aromatic carbocycles. The van der Waals surface area contributed by atoms with E-state index in [1.807, 2.05) is 0 Å². The number of rotatable bonds is 5. The second-order valence-electron chi connectivity index (χ2n) is 6.08. The van der Waals surface area contributed by atoms with Gasteiger partial charge in [0, 0.05) is 17.0 Å². The minimum atomic E-state index is -1.44. The van der Waals surface area contributed by atoms with Crippen molar-refractivity contribution in [1.82, 2.24) is 5.32 Å². The van der Waals surface area contributed by atoms with Crippen LogP contribution in [0.4, 0.5) is 0 Å². The van der Waals surface area contributed by atoms with Crippen LogP contribution in [0.5, 0.6) is 5.75 Å². The van der Waals surface area contributed by atoms with E-state index in [1.54, 1.807) is 37.3 Å². The summed E-state index contributed by atoms with van der Waals surface area (Å²) in [5.41, 5.74) is 0.642. The first kappa shape index (κ1) is 18.2. The van der Waals surface area contributed by atoms with Crippen molar-refractivity contribution >= 4 is 22.8 Å². The second kappa shape index (κ2) is 7.33. The van der Waals surface area contributed by atoms with Gasteiger partial charge in [0.05, 0.1) is 18.4 Å². The molecule has 0 radical (unpaired) electrons. The fourth-order valence-corrected chi connectivity index (χ4v) is 2.87. The average Bonchev–Trinajstić information content (AvgIpc) is 2.63. The number of phenolic OH excluding ortho intramolecular Hbond substituents is 1. The number of carbonyl (C=O) groups excluding carboxylic acids is 2. The fourth-order valence-electron chi connectivity index (χ4n) is 2.87. The van der Waals surface area contributed by atoms with Gasteiger partial charge < -0.3 is 24.7 Å². The molecule has 0 aliphatic rings. The summed E-state index contributed by atoms with van der Waals surface area (Å²) in [6, 6.07) is 11.0. The third kappa shape index (κ3) is 3.82. The molecular formula is C20H16NO6-. The molecule has 0 unspecified atom stereocenters. The van der Waals surface area contributed by atoms with Crippen LogP contribution in [0.25, 0.3) is 11.0 Å². The van der Waals surface area contributed by atoms with Gasteiger partial charge in [-0.25, -0.2) is 4.79 Å². The second-order valence-corrected chi connectivity index (χ2v) is 6.08. The number of benzene rings is 2. The Labute approximate surface area is 153 Å². The van der Waals surface area contributed by atoms with Gasteiger partial charge in [-0.1, -0.05) is 30.3 Å². The molecule has 27 heavy (non-hydrogen) atoms. The van der Waals surface area contributed by atoms with E-state index in [0.29, 0.717) is 22.1 Å². The highest BCUT2D eigenvalue weighted by molar-refractivity contribution is 5.91. The number of phenols is 1. The van der Waals surface area contributed by atoms with Gasteiger partial charge in [-0.15, -0.1) is 0 Å². The van der Waals surface area contributed by atoms with Gasteiger partial charge in [0.25, 0.3) is 0 Å². The van der Waals surface area contributed by atoms with E-state index >= 15 is 0 Å². The Balaban J connectivity index is 1.91. The van der Waals surface area contributed by atoms with Crippen LogP contribution in [-0.2, 0) is 16.0 Å². The third-order valence-corrected chi connectivity index (χ3v) is 4.24. The first-order chi connectivity index (χ1) is 12.9. The van der Waals surface area contributed by atoms with E-state index in [4.69, 9.17) is 4.42 Å². The highest BCUT2D eigenvalue weighted by Gasteiger charge is 2.18. The first-order valence-electron chi connectivity index (χ1n) is 8.17. The molecule has 0 aliphatic carbocycles. The smallest absolute Gasteiger partial charge is 0.336 e. The summed E-state index contributed by atoms with van der Waals surface area (Å²) in [7, 11) is 0. The highest BCUT2D eigenvalue weighted by Crippen LogP contribution is 2.27. The quantitative estimate of drug-likeness (QED) is 0.649. The maximum atomic E-state index is 12.4. The van der Waals surface area contributed by atoms with Crippen molar-refractivity contribution in [3.63, 3.8) is 0 Å². The molecule has 1 atom stereocenters. The molecule has 0 fully saturated rings. The van der Waals surface area contributed by atoms with Gasteiger partial charge in [0.2, 0.25) is 5.91 Å². The van der Waals surface area contributed by atoms with Crippen molar-refractivity contribution in [2.24, 2.45) is 0 Å². The zero-order valence-corrected chi connectivity index (χ0v) is 14.4. The minimum absolute atomic E-state index is 0.0339. The van der Waals surface area contributed by atoms with Crippen molar-refractivity contribution in [3.05, 3.63) is 75.6 Å². The Kier molecular flexibility index (Phi) is 4.94.